The molecular weight excluding hydrogens is 296 g/mol. The van der Waals surface area contributed by atoms with Crippen LogP contribution in [-0.4, -0.2) is 16.3 Å². The first-order valence-corrected chi connectivity index (χ1v) is 9.42. The van der Waals surface area contributed by atoms with Crippen molar-refractivity contribution in [1.82, 2.24) is 0 Å². The zero-order valence-electron chi connectivity index (χ0n) is 16.4. The van der Waals surface area contributed by atoms with Crippen molar-refractivity contribution in [2.24, 2.45) is 10.8 Å². The highest BCUT2D eigenvalue weighted by Crippen LogP contribution is 2.44. The van der Waals surface area contributed by atoms with E-state index in [4.69, 9.17) is 0 Å². The standard InChI is InChI=1S/C22H36O2/c1-20(2,3)15-19(21(4,5)6)16-7-9-17(10-8-16)22(24)13-11-18(23)12-14-22/h7-10,18-19,23-24H,11-15H2,1-6H3. The zero-order valence-corrected chi connectivity index (χ0v) is 16.4. The van der Waals surface area contributed by atoms with E-state index in [0.717, 1.165) is 12.0 Å². The van der Waals surface area contributed by atoms with Gasteiger partial charge in [-0.25, -0.2) is 0 Å². The number of rotatable bonds is 3. The van der Waals surface area contributed by atoms with Crippen molar-refractivity contribution >= 4 is 0 Å². The molecule has 2 rings (SSSR count). The van der Waals surface area contributed by atoms with Crippen LogP contribution in [0.2, 0.25) is 0 Å². The number of aliphatic hydroxyl groups excluding tert-OH is 1. The third kappa shape index (κ3) is 4.83. The fourth-order valence-electron chi connectivity index (χ4n) is 3.93. The van der Waals surface area contributed by atoms with Crippen molar-refractivity contribution in [3.8, 4) is 0 Å². The summed E-state index contributed by atoms with van der Waals surface area (Å²) in [6.45, 7) is 13.8. The van der Waals surface area contributed by atoms with Gasteiger partial charge in [-0.2, -0.15) is 0 Å². The van der Waals surface area contributed by atoms with Crippen LogP contribution in [0, 0.1) is 10.8 Å². The van der Waals surface area contributed by atoms with Gasteiger partial charge < -0.3 is 10.2 Å². The fraction of sp³-hybridized carbons (Fsp3) is 0.727. The third-order valence-electron chi connectivity index (χ3n) is 5.49. The molecular formula is C22H36O2. The number of benzene rings is 1. The minimum atomic E-state index is -0.765. The first-order chi connectivity index (χ1) is 10.9. The van der Waals surface area contributed by atoms with Crippen molar-refractivity contribution in [2.75, 3.05) is 0 Å². The highest BCUT2D eigenvalue weighted by atomic mass is 16.3. The smallest absolute Gasteiger partial charge is 0.0898 e. The Labute approximate surface area is 148 Å². The van der Waals surface area contributed by atoms with Gasteiger partial charge in [-0.05, 0) is 60.0 Å². The molecule has 1 unspecified atom stereocenters. The molecule has 2 N–H and O–H groups in total. The summed E-state index contributed by atoms with van der Waals surface area (Å²) in [6, 6.07) is 8.63. The maximum absolute atomic E-state index is 10.9. The van der Waals surface area contributed by atoms with Crippen LogP contribution in [0.1, 0.15) is 90.7 Å². The Morgan fingerprint density at radius 1 is 1.00 bits per heavy atom. The lowest BCUT2D eigenvalue weighted by Gasteiger charge is -2.37. The SMILES string of the molecule is CC(C)(C)CC(c1ccc(C2(O)CCC(O)CC2)cc1)C(C)(C)C. The van der Waals surface area contributed by atoms with Gasteiger partial charge in [-0.1, -0.05) is 65.8 Å². The molecule has 0 aliphatic heterocycles. The Bertz CT molecular complexity index is 523. The van der Waals surface area contributed by atoms with Crippen LogP contribution in [0.5, 0.6) is 0 Å². The van der Waals surface area contributed by atoms with Crippen LogP contribution in [0.15, 0.2) is 24.3 Å². The van der Waals surface area contributed by atoms with Crippen molar-refractivity contribution in [1.29, 1.82) is 0 Å². The van der Waals surface area contributed by atoms with E-state index in [9.17, 15) is 10.2 Å². The van der Waals surface area contributed by atoms with Crippen LogP contribution in [0.3, 0.4) is 0 Å². The molecule has 2 heteroatoms. The summed E-state index contributed by atoms with van der Waals surface area (Å²) in [5, 5.41) is 20.6. The molecule has 1 atom stereocenters. The summed E-state index contributed by atoms with van der Waals surface area (Å²) in [5.74, 6) is 0.495. The molecule has 0 spiro atoms. The summed E-state index contributed by atoms with van der Waals surface area (Å²) >= 11 is 0. The molecule has 136 valence electrons. The minimum absolute atomic E-state index is 0.209. The first-order valence-electron chi connectivity index (χ1n) is 9.42. The molecule has 2 nitrogen and oxygen atoms in total. The summed E-state index contributed by atoms with van der Waals surface area (Å²) in [5.41, 5.74) is 2.09. The average Bonchev–Trinajstić information content (AvgIpc) is 2.46. The molecule has 1 aliphatic carbocycles. The van der Waals surface area contributed by atoms with Gasteiger partial charge >= 0.3 is 0 Å². The van der Waals surface area contributed by atoms with Gasteiger partial charge in [-0.3, -0.25) is 0 Å². The molecule has 1 aromatic carbocycles. The predicted molar refractivity (Wildman–Crippen MR) is 101 cm³/mol. The molecule has 0 saturated heterocycles. The summed E-state index contributed by atoms with van der Waals surface area (Å²) in [4.78, 5) is 0. The van der Waals surface area contributed by atoms with E-state index in [1.54, 1.807) is 0 Å². The third-order valence-corrected chi connectivity index (χ3v) is 5.49. The summed E-state index contributed by atoms with van der Waals surface area (Å²) in [6.07, 6.45) is 3.57. The van der Waals surface area contributed by atoms with Crippen molar-refractivity contribution in [3.05, 3.63) is 35.4 Å². The second-order valence-electron chi connectivity index (χ2n) is 10.1. The van der Waals surface area contributed by atoms with Gasteiger partial charge in [0.05, 0.1) is 11.7 Å². The molecule has 1 saturated carbocycles. The Hall–Kier alpha value is -0.860. The molecule has 0 heterocycles. The monoisotopic (exact) mass is 332 g/mol. The zero-order chi connectivity index (χ0) is 18.2. The van der Waals surface area contributed by atoms with Crippen LogP contribution in [0.4, 0.5) is 0 Å². The van der Waals surface area contributed by atoms with Crippen LogP contribution < -0.4 is 0 Å². The Balaban J connectivity index is 2.23. The molecule has 24 heavy (non-hydrogen) atoms. The molecule has 1 aliphatic rings. The van der Waals surface area contributed by atoms with E-state index in [-0.39, 0.29) is 16.9 Å². The lowest BCUT2D eigenvalue weighted by atomic mass is 9.69. The van der Waals surface area contributed by atoms with Crippen LogP contribution in [-0.2, 0) is 5.60 Å². The Morgan fingerprint density at radius 3 is 1.92 bits per heavy atom. The lowest BCUT2D eigenvalue weighted by Crippen LogP contribution is -2.33. The van der Waals surface area contributed by atoms with E-state index >= 15 is 0 Å². The average molecular weight is 333 g/mol. The topological polar surface area (TPSA) is 40.5 Å². The maximum Gasteiger partial charge on any atom is 0.0898 e. The van der Waals surface area contributed by atoms with E-state index in [2.05, 4.69) is 65.8 Å². The van der Waals surface area contributed by atoms with Crippen LogP contribution in [0.25, 0.3) is 0 Å². The number of hydrogen-bond acceptors (Lipinski definition) is 2. The van der Waals surface area contributed by atoms with Gasteiger partial charge in [-0.15, -0.1) is 0 Å². The van der Waals surface area contributed by atoms with E-state index in [1.807, 2.05) is 0 Å². The fourth-order valence-corrected chi connectivity index (χ4v) is 3.93. The van der Waals surface area contributed by atoms with Gasteiger partial charge in [0.15, 0.2) is 0 Å². The highest BCUT2D eigenvalue weighted by Gasteiger charge is 2.35. The van der Waals surface area contributed by atoms with E-state index < -0.39 is 5.60 Å². The second kappa shape index (κ2) is 6.80. The van der Waals surface area contributed by atoms with Gasteiger partial charge in [0.2, 0.25) is 0 Å². The molecule has 1 aromatic rings. The van der Waals surface area contributed by atoms with Crippen LogP contribution >= 0.6 is 0 Å². The Morgan fingerprint density at radius 2 is 1.50 bits per heavy atom. The van der Waals surface area contributed by atoms with Crippen molar-refractivity contribution in [2.45, 2.75) is 91.3 Å². The van der Waals surface area contributed by atoms with Crippen molar-refractivity contribution < 1.29 is 10.2 Å². The molecule has 0 aromatic heterocycles. The Kier molecular flexibility index (Phi) is 5.52. The quantitative estimate of drug-likeness (QED) is 0.780. The summed E-state index contributed by atoms with van der Waals surface area (Å²) < 4.78 is 0. The maximum atomic E-state index is 10.9. The molecule has 0 radical (unpaired) electrons. The summed E-state index contributed by atoms with van der Waals surface area (Å²) in [7, 11) is 0. The van der Waals surface area contributed by atoms with Gasteiger partial charge in [0, 0.05) is 0 Å². The first kappa shape index (κ1) is 19.5. The minimum Gasteiger partial charge on any atom is -0.393 e. The highest BCUT2D eigenvalue weighted by molar-refractivity contribution is 5.30. The molecule has 0 bridgehead atoms. The molecule has 0 amide bonds. The lowest BCUT2D eigenvalue weighted by molar-refractivity contribution is -0.0361. The van der Waals surface area contributed by atoms with Gasteiger partial charge in [0.25, 0.3) is 0 Å². The normalized spacial score (nSPS) is 27.1. The predicted octanol–water partition coefficient (Wildman–Crippen LogP) is 5.38. The van der Waals surface area contributed by atoms with Crippen molar-refractivity contribution in [3.63, 3.8) is 0 Å². The van der Waals surface area contributed by atoms with E-state index in [1.165, 1.54) is 5.56 Å². The van der Waals surface area contributed by atoms with Gasteiger partial charge in [0.1, 0.15) is 0 Å². The number of aliphatic hydroxyl groups is 2. The number of hydrogen-bond donors (Lipinski definition) is 2. The second-order valence-corrected chi connectivity index (χ2v) is 10.1. The van der Waals surface area contributed by atoms with E-state index in [0.29, 0.717) is 31.6 Å². The molecule has 1 fully saturated rings. The largest absolute Gasteiger partial charge is 0.393 e.